The van der Waals surface area contributed by atoms with E-state index in [1.54, 1.807) is 0 Å². The van der Waals surface area contributed by atoms with Gasteiger partial charge >= 0.3 is 5.97 Å². The van der Waals surface area contributed by atoms with E-state index in [1.807, 2.05) is 34.6 Å². The molecule has 0 aliphatic heterocycles. The fraction of sp³-hybridized carbons (Fsp3) is 0.929. The highest BCUT2D eigenvalue weighted by Crippen LogP contribution is 2.39. The van der Waals surface area contributed by atoms with Gasteiger partial charge in [0.25, 0.3) is 0 Å². The third-order valence-corrected chi connectivity index (χ3v) is 3.64. The summed E-state index contributed by atoms with van der Waals surface area (Å²) in [6, 6.07) is 0. The first-order valence-electron chi connectivity index (χ1n) is 6.54. The Morgan fingerprint density at radius 1 is 1.06 bits per heavy atom. The summed E-state index contributed by atoms with van der Waals surface area (Å²) < 4.78 is 5.48. The Bertz CT molecular complexity index is 268. The van der Waals surface area contributed by atoms with Crippen molar-refractivity contribution in [2.75, 3.05) is 0 Å². The van der Waals surface area contributed by atoms with Crippen molar-refractivity contribution in [3.8, 4) is 0 Å². The molecule has 1 saturated carbocycles. The molecule has 0 heterocycles. The molecule has 0 aromatic rings. The Hall–Kier alpha value is -0.570. The van der Waals surface area contributed by atoms with Crippen molar-refractivity contribution in [1.29, 1.82) is 0 Å². The second-order valence-corrected chi connectivity index (χ2v) is 6.73. The molecule has 1 aliphatic carbocycles. The number of aliphatic hydroxyl groups is 1. The predicted molar refractivity (Wildman–Crippen MR) is 67.6 cm³/mol. The van der Waals surface area contributed by atoms with Crippen molar-refractivity contribution >= 4 is 5.97 Å². The highest BCUT2D eigenvalue weighted by Gasteiger charge is 2.41. The van der Waals surface area contributed by atoms with Crippen LogP contribution in [0.5, 0.6) is 0 Å². The molecule has 3 heteroatoms. The third-order valence-electron chi connectivity index (χ3n) is 3.64. The van der Waals surface area contributed by atoms with Gasteiger partial charge < -0.3 is 9.84 Å². The fourth-order valence-electron chi connectivity index (χ4n) is 2.37. The maximum absolute atomic E-state index is 12.2. The predicted octanol–water partition coefficient (Wildman–Crippen LogP) is 2.91. The van der Waals surface area contributed by atoms with Crippen molar-refractivity contribution in [2.24, 2.45) is 11.3 Å². The molecular formula is C14H26O3. The molecule has 100 valence electrons. The number of esters is 1. The Morgan fingerprint density at radius 2 is 1.53 bits per heavy atom. The number of carbonyl (C=O) groups is 1. The lowest BCUT2D eigenvalue weighted by Crippen LogP contribution is -2.40. The smallest absolute Gasteiger partial charge is 0.312 e. The topological polar surface area (TPSA) is 46.5 Å². The van der Waals surface area contributed by atoms with Crippen LogP contribution in [0, 0.1) is 11.3 Å². The van der Waals surface area contributed by atoms with Gasteiger partial charge in [-0.2, -0.15) is 0 Å². The summed E-state index contributed by atoms with van der Waals surface area (Å²) in [5.41, 5.74) is -0.879. The van der Waals surface area contributed by atoms with Gasteiger partial charge in [0.2, 0.25) is 0 Å². The van der Waals surface area contributed by atoms with Crippen LogP contribution in [0.15, 0.2) is 0 Å². The van der Waals surface area contributed by atoms with Crippen molar-refractivity contribution < 1.29 is 14.6 Å². The molecule has 0 amide bonds. The summed E-state index contributed by atoms with van der Waals surface area (Å²) in [6.07, 6.45) is 3.25. The Balaban J connectivity index is 2.64. The van der Waals surface area contributed by atoms with Crippen LogP contribution in [0.25, 0.3) is 0 Å². The van der Waals surface area contributed by atoms with Gasteiger partial charge in [-0.1, -0.05) is 0 Å². The Morgan fingerprint density at radius 3 is 1.94 bits per heavy atom. The average Bonchev–Trinajstić information content (AvgIpc) is 2.15. The van der Waals surface area contributed by atoms with E-state index >= 15 is 0 Å². The molecule has 0 bridgehead atoms. The molecule has 0 saturated heterocycles. The number of rotatable bonds is 2. The Labute approximate surface area is 105 Å². The molecule has 1 rings (SSSR count). The van der Waals surface area contributed by atoms with Crippen molar-refractivity contribution in [1.82, 2.24) is 0 Å². The molecule has 0 aromatic carbocycles. The number of carbonyl (C=O) groups excluding carboxylic acids is 1. The van der Waals surface area contributed by atoms with Crippen LogP contribution in [-0.4, -0.2) is 22.8 Å². The lowest BCUT2D eigenvalue weighted by atomic mass is 9.70. The van der Waals surface area contributed by atoms with Gasteiger partial charge in [-0.15, -0.1) is 0 Å². The maximum atomic E-state index is 12.2. The SMILES string of the molecule is CC(C)(C)OC(=O)C(C)(C)[C@H]1CC[C@@H](O)CC1. The van der Waals surface area contributed by atoms with Crippen molar-refractivity contribution in [2.45, 2.75) is 72.0 Å². The van der Waals surface area contributed by atoms with Crippen LogP contribution < -0.4 is 0 Å². The first-order chi connectivity index (χ1) is 7.63. The van der Waals surface area contributed by atoms with E-state index in [-0.39, 0.29) is 12.1 Å². The van der Waals surface area contributed by atoms with Gasteiger partial charge in [-0.05, 0) is 66.2 Å². The van der Waals surface area contributed by atoms with Gasteiger partial charge in [0, 0.05) is 0 Å². The zero-order valence-corrected chi connectivity index (χ0v) is 11.7. The molecule has 0 aromatic heterocycles. The second-order valence-electron chi connectivity index (χ2n) is 6.73. The molecular weight excluding hydrogens is 216 g/mol. The van der Waals surface area contributed by atoms with E-state index in [1.165, 1.54) is 0 Å². The third kappa shape index (κ3) is 3.98. The summed E-state index contributed by atoms with van der Waals surface area (Å²) in [5, 5.41) is 9.50. The van der Waals surface area contributed by atoms with Crippen molar-refractivity contribution in [3.63, 3.8) is 0 Å². The zero-order valence-electron chi connectivity index (χ0n) is 11.7. The first-order valence-corrected chi connectivity index (χ1v) is 6.54. The molecule has 0 atom stereocenters. The van der Waals surface area contributed by atoms with Crippen LogP contribution in [-0.2, 0) is 9.53 Å². The largest absolute Gasteiger partial charge is 0.460 e. The fourth-order valence-corrected chi connectivity index (χ4v) is 2.37. The van der Waals surface area contributed by atoms with Crippen molar-refractivity contribution in [3.05, 3.63) is 0 Å². The number of ether oxygens (including phenoxy) is 1. The minimum atomic E-state index is -0.451. The molecule has 1 fully saturated rings. The maximum Gasteiger partial charge on any atom is 0.312 e. The monoisotopic (exact) mass is 242 g/mol. The molecule has 0 unspecified atom stereocenters. The van der Waals surface area contributed by atoms with E-state index in [9.17, 15) is 9.90 Å². The summed E-state index contributed by atoms with van der Waals surface area (Å²) in [7, 11) is 0. The summed E-state index contributed by atoms with van der Waals surface area (Å²) >= 11 is 0. The van der Waals surface area contributed by atoms with Gasteiger partial charge in [-0.3, -0.25) is 4.79 Å². The summed E-state index contributed by atoms with van der Waals surface area (Å²) in [4.78, 5) is 12.2. The molecule has 0 spiro atoms. The van der Waals surface area contributed by atoms with Gasteiger partial charge in [0.15, 0.2) is 0 Å². The highest BCUT2D eigenvalue weighted by molar-refractivity contribution is 5.76. The lowest BCUT2D eigenvalue weighted by Gasteiger charge is -2.38. The van der Waals surface area contributed by atoms with Crippen LogP contribution >= 0.6 is 0 Å². The van der Waals surface area contributed by atoms with Crippen LogP contribution in [0.3, 0.4) is 0 Å². The van der Waals surface area contributed by atoms with E-state index < -0.39 is 11.0 Å². The molecule has 1 N–H and O–H groups in total. The number of hydrogen-bond acceptors (Lipinski definition) is 3. The first kappa shape index (κ1) is 14.5. The van der Waals surface area contributed by atoms with Gasteiger partial charge in [-0.25, -0.2) is 0 Å². The highest BCUT2D eigenvalue weighted by atomic mass is 16.6. The Kier molecular flexibility index (Phi) is 4.23. The van der Waals surface area contributed by atoms with E-state index in [4.69, 9.17) is 4.74 Å². The lowest BCUT2D eigenvalue weighted by molar-refractivity contribution is -0.170. The van der Waals surface area contributed by atoms with Gasteiger partial charge in [0.05, 0.1) is 11.5 Å². The van der Waals surface area contributed by atoms with Crippen LogP contribution in [0.4, 0.5) is 0 Å². The van der Waals surface area contributed by atoms with Gasteiger partial charge in [0.1, 0.15) is 5.60 Å². The summed E-state index contributed by atoms with van der Waals surface area (Å²) in [6.45, 7) is 9.61. The molecule has 17 heavy (non-hydrogen) atoms. The zero-order chi connectivity index (χ0) is 13.3. The molecule has 0 radical (unpaired) electrons. The van der Waals surface area contributed by atoms with Crippen LogP contribution in [0.2, 0.25) is 0 Å². The van der Waals surface area contributed by atoms with Crippen LogP contribution in [0.1, 0.15) is 60.3 Å². The molecule has 3 nitrogen and oxygen atoms in total. The van der Waals surface area contributed by atoms with E-state index in [2.05, 4.69) is 0 Å². The molecule has 1 aliphatic rings. The number of hydrogen-bond donors (Lipinski definition) is 1. The summed E-state index contributed by atoms with van der Waals surface area (Å²) in [5.74, 6) is 0.201. The minimum absolute atomic E-state index is 0.119. The quantitative estimate of drug-likeness (QED) is 0.757. The van der Waals surface area contributed by atoms with E-state index in [0.717, 1.165) is 25.7 Å². The normalized spacial score (nSPS) is 26.7. The average molecular weight is 242 g/mol. The standard InChI is InChI=1S/C14H26O3/c1-13(2,3)17-12(16)14(4,5)10-6-8-11(15)9-7-10/h10-11,15H,6-9H2,1-5H3/t10-,11+. The number of aliphatic hydroxyl groups excluding tert-OH is 1. The second kappa shape index (κ2) is 4.97. The minimum Gasteiger partial charge on any atom is -0.460 e. The van der Waals surface area contributed by atoms with E-state index in [0.29, 0.717) is 5.92 Å².